The van der Waals surface area contributed by atoms with Crippen molar-refractivity contribution in [3.63, 3.8) is 0 Å². The van der Waals surface area contributed by atoms with E-state index in [1.807, 2.05) is 18.7 Å². The number of rotatable bonds is 4. The van der Waals surface area contributed by atoms with E-state index in [0.29, 0.717) is 0 Å². The molecule has 0 radical (unpaired) electrons. The van der Waals surface area contributed by atoms with Gasteiger partial charge in [0.15, 0.2) is 0 Å². The maximum atomic E-state index is 13.3. The van der Waals surface area contributed by atoms with E-state index in [1.54, 1.807) is 0 Å². The summed E-state index contributed by atoms with van der Waals surface area (Å²) >= 11 is 1.52. The van der Waals surface area contributed by atoms with Crippen LogP contribution in [0.5, 0.6) is 0 Å². The first kappa shape index (κ1) is 20.0. The number of aryl methyl sites for hydroxylation is 3. The van der Waals surface area contributed by atoms with Crippen molar-refractivity contribution >= 4 is 27.5 Å². The van der Waals surface area contributed by atoms with Gasteiger partial charge in [0.25, 0.3) is 5.91 Å². The zero-order chi connectivity index (χ0) is 20.4. The first-order chi connectivity index (χ1) is 14.1. The SMILES string of the molecule is CCc1nc(C)c2c(C)c(C(=O)N3CCCN(Cc4ccccc4)CC3)sc2n1. The second-order valence-corrected chi connectivity index (χ2v) is 8.72. The van der Waals surface area contributed by atoms with Crippen LogP contribution < -0.4 is 0 Å². The minimum atomic E-state index is 0.143. The Kier molecular flexibility index (Phi) is 5.92. The number of thiophene rings is 1. The summed E-state index contributed by atoms with van der Waals surface area (Å²) in [5, 5.41) is 1.05. The summed E-state index contributed by atoms with van der Waals surface area (Å²) in [4.78, 5) is 28.8. The van der Waals surface area contributed by atoms with Crippen LogP contribution in [0.3, 0.4) is 0 Å². The second-order valence-electron chi connectivity index (χ2n) is 7.72. The highest BCUT2D eigenvalue weighted by Crippen LogP contribution is 2.32. The van der Waals surface area contributed by atoms with Crippen LogP contribution in [0.2, 0.25) is 0 Å². The number of nitrogens with zero attached hydrogens (tertiary/aromatic N) is 4. The van der Waals surface area contributed by atoms with Crippen molar-refractivity contribution in [1.82, 2.24) is 19.8 Å². The lowest BCUT2D eigenvalue weighted by Crippen LogP contribution is -2.35. The molecule has 6 heteroatoms. The molecule has 1 aliphatic heterocycles. The Morgan fingerprint density at radius 1 is 1.07 bits per heavy atom. The van der Waals surface area contributed by atoms with Crippen LogP contribution in [0.15, 0.2) is 30.3 Å². The fourth-order valence-electron chi connectivity index (χ4n) is 4.07. The number of benzene rings is 1. The largest absolute Gasteiger partial charge is 0.337 e. The summed E-state index contributed by atoms with van der Waals surface area (Å²) in [6, 6.07) is 10.6. The summed E-state index contributed by atoms with van der Waals surface area (Å²) < 4.78 is 0. The van der Waals surface area contributed by atoms with Gasteiger partial charge in [-0.05, 0) is 31.4 Å². The number of hydrogen-bond acceptors (Lipinski definition) is 5. The smallest absolute Gasteiger partial charge is 0.264 e. The summed E-state index contributed by atoms with van der Waals surface area (Å²) in [5.41, 5.74) is 3.33. The van der Waals surface area contributed by atoms with Crippen molar-refractivity contribution in [3.05, 3.63) is 57.9 Å². The van der Waals surface area contributed by atoms with Crippen molar-refractivity contribution in [3.8, 4) is 0 Å². The average molecular weight is 409 g/mol. The molecular weight excluding hydrogens is 380 g/mol. The summed E-state index contributed by atoms with van der Waals surface area (Å²) in [5.74, 6) is 0.992. The molecule has 29 heavy (non-hydrogen) atoms. The minimum Gasteiger partial charge on any atom is -0.337 e. The molecule has 0 N–H and O–H groups in total. The fraction of sp³-hybridized carbons (Fsp3) is 0.435. The molecule has 1 fully saturated rings. The normalized spacial score (nSPS) is 15.6. The van der Waals surface area contributed by atoms with E-state index in [2.05, 4.69) is 52.1 Å². The molecule has 0 saturated carbocycles. The Morgan fingerprint density at radius 3 is 2.62 bits per heavy atom. The summed E-state index contributed by atoms with van der Waals surface area (Å²) in [6.45, 7) is 10.6. The van der Waals surface area contributed by atoms with Gasteiger partial charge >= 0.3 is 0 Å². The summed E-state index contributed by atoms with van der Waals surface area (Å²) in [7, 11) is 0. The lowest BCUT2D eigenvalue weighted by atomic mass is 10.1. The number of amides is 1. The van der Waals surface area contributed by atoms with E-state index >= 15 is 0 Å². The molecule has 0 atom stereocenters. The van der Waals surface area contributed by atoms with Crippen LogP contribution >= 0.6 is 11.3 Å². The highest BCUT2D eigenvalue weighted by Gasteiger charge is 2.25. The molecule has 0 spiro atoms. The topological polar surface area (TPSA) is 49.3 Å². The minimum absolute atomic E-state index is 0.143. The third-order valence-corrected chi connectivity index (χ3v) is 6.83. The molecule has 1 saturated heterocycles. The van der Waals surface area contributed by atoms with Crippen LogP contribution in [0.4, 0.5) is 0 Å². The van der Waals surface area contributed by atoms with Crippen LogP contribution in [0, 0.1) is 13.8 Å². The quantitative estimate of drug-likeness (QED) is 0.649. The zero-order valence-electron chi connectivity index (χ0n) is 17.4. The number of carbonyl (C=O) groups is 1. The number of hydrogen-bond donors (Lipinski definition) is 0. The van der Waals surface area contributed by atoms with E-state index in [-0.39, 0.29) is 5.91 Å². The standard InChI is InChI=1S/C23H28N4OS/c1-4-19-24-17(3)20-16(2)21(29-22(20)25-19)23(28)27-12-8-11-26(13-14-27)15-18-9-6-5-7-10-18/h5-7,9-10H,4,8,11-15H2,1-3H3. The van der Waals surface area contributed by atoms with Gasteiger partial charge in [-0.25, -0.2) is 9.97 Å². The molecule has 4 rings (SSSR count). The highest BCUT2D eigenvalue weighted by molar-refractivity contribution is 7.20. The third kappa shape index (κ3) is 4.19. The molecule has 3 heterocycles. The van der Waals surface area contributed by atoms with Gasteiger partial charge in [0.1, 0.15) is 10.7 Å². The van der Waals surface area contributed by atoms with Crippen LogP contribution in [-0.2, 0) is 13.0 Å². The predicted octanol–water partition coefficient (Wildman–Crippen LogP) is 4.22. The average Bonchev–Trinajstić information content (AvgIpc) is 2.90. The Morgan fingerprint density at radius 2 is 1.86 bits per heavy atom. The molecule has 1 aliphatic rings. The number of aromatic nitrogens is 2. The number of carbonyl (C=O) groups excluding carboxylic acids is 1. The molecule has 0 aliphatic carbocycles. The van der Waals surface area contributed by atoms with E-state index in [9.17, 15) is 4.79 Å². The zero-order valence-corrected chi connectivity index (χ0v) is 18.3. The number of fused-ring (bicyclic) bond motifs is 1. The molecule has 1 amide bonds. The molecule has 0 bridgehead atoms. The van der Waals surface area contributed by atoms with Gasteiger partial charge in [0.05, 0.1) is 4.88 Å². The van der Waals surface area contributed by atoms with Crippen molar-refractivity contribution in [2.75, 3.05) is 26.2 Å². The van der Waals surface area contributed by atoms with E-state index in [0.717, 1.165) is 77.7 Å². The monoisotopic (exact) mass is 408 g/mol. The molecule has 2 aromatic heterocycles. The Bertz CT molecular complexity index is 1010. The van der Waals surface area contributed by atoms with Crippen molar-refractivity contribution in [2.24, 2.45) is 0 Å². The molecule has 152 valence electrons. The maximum absolute atomic E-state index is 13.3. The first-order valence-corrected chi connectivity index (χ1v) is 11.2. The van der Waals surface area contributed by atoms with E-state index in [1.165, 1.54) is 16.9 Å². The van der Waals surface area contributed by atoms with Gasteiger partial charge in [-0.15, -0.1) is 11.3 Å². The lowest BCUT2D eigenvalue weighted by molar-refractivity contribution is 0.0765. The van der Waals surface area contributed by atoms with Crippen LogP contribution in [0.1, 0.15) is 45.7 Å². The van der Waals surface area contributed by atoms with Gasteiger partial charge in [-0.2, -0.15) is 0 Å². The Balaban J connectivity index is 1.51. The molecule has 0 unspecified atom stereocenters. The van der Waals surface area contributed by atoms with Crippen molar-refractivity contribution in [2.45, 2.75) is 40.2 Å². The van der Waals surface area contributed by atoms with Crippen molar-refractivity contribution in [1.29, 1.82) is 0 Å². The molecule has 3 aromatic rings. The van der Waals surface area contributed by atoms with Gasteiger partial charge < -0.3 is 4.90 Å². The molecule has 1 aromatic carbocycles. The summed E-state index contributed by atoms with van der Waals surface area (Å²) in [6.07, 6.45) is 1.81. The molecular formula is C23H28N4OS. The van der Waals surface area contributed by atoms with Crippen LogP contribution in [-0.4, -0.2) is 51.9 Å². The van der Waals surface area contributed by atoms with Gasteiger partial charge in [0.2, 0.25) is 0 Å². The second kappa shape index (κ2) is 8.59. The Hall–Kier alpha value is -2.31. The van der Waals surface area contributed by atoms with Crippen molar-refractivity contribution < 1.29 is 4.79 Å². The Labute approximate surface area is 176 Å². The lowest BCUT2D eigenvalue weighted by Gasteiger charge is -2.22. The van der Waals surface area contributed by atoms with Crippen LogP contribution in [0.25, 0.3) is 10.2 Å². The molecule has 5 nitrogen and oxygen atoms in total. The van der Waals surface area contributed by atoms with E-state index in [4.69, 9.17) is 0 Å². The fourth-order valence-corrected chi connectivity index (χ4v) is 5.29. The van der Waals surface area contributed by atoms with E-state index < -0.39 is 0 Å². The maximum Gasteiger partial charge on any atom is 0.264 e. The predicted molar refractivity (Wildman–Crippen MR) is 119 cm³/mol. The third-order valence-electron chi connectivity index (χ3n) is 5.65. The highest BCUT2D eigenvalue weighted by atomic mass is 32.1. The first-order valence-electron chi connectivity index (χ1n) is 10.4. The van der Waals surface area contributed by atoms with Gasteiger partial charge in [0, 0.05) is 50.2 Å². The van der Waals surface area contributed by atoms with Gasteiger partial charge in [-0.3, -0.25) is 9.69 Å². The van der Waals surface area contributed by atoms with Gasteiger partial charge in [-0.1, -0.05) is 37.3 Å².